The predicted molar refractivity (Wildman–Crippen MR) is 65.4 cm³/mol. The maximum atomic E-state index is 5.95. The van der Waals surface area contributed by atoms with Gasteiger partial charge >= 0.3 is 0 Å². The van der Waals surface area contributed by atoms with Gasteiger partial charge in [0.25, 0.3) is 0 Å². The molecular weight excluding hydrogens is 222 g/mol. The lowest BCUT2D eigenvalue weighted by Crippen LogP contribution is -2.02. The summed E-state index contributed by atoms with van der Waals surface area (Å²) >= 11 is 5.95. The second kappa shape index (κ2) is 4.68. The van der Waals surface area contributed by atoms with Crippen LogP contribution in [0, 0.1) is 6.92 Å². The monoisotopic (exact) mass is 235 g/mol. The molecule has 4 heteroatoms. The molecule has 2 rings (SSSR count). The van der Waals surface area contributed by atoms with Crippen LogP contribution in [0.4, 0.5) is 0 Å². The Balaban J connectivity index is 2.20. The van der Waals surface area contributed by atoms with Gasteiger partial charge in [0.15, 0.2) is 0 Å². The number of nitrogens with two attached hydrogens (primary N) is 1. The number of benzene rings is 1. The van der Waals surface area contributed by atoms with Gasteiger partial charge in [-0.3, -0.25) is 4.68 Å². The first kappa shape index (κ1) is 11.2. The van der Waals surface area contributed by atoms with Crippen LogP contribution in [0.2, 0.25) is 5.02 Å². The third kappa shape index (κ3) is 2.43. The van der Waals surface area contributed by atoms with Crippen molar-refractivity contribution in [2.75, 3.05) is 0 Å². The fourth-order valence-corrected chi connectivity index (χ4v) is 1.77. The van der Waals surface area contributed by atoms with E-state index in [0.717, 1.165) is 17.8 Å². The molecule has 0 amide bonds. The molecule has 16 heavy (non-hydrogen) atoms. The van der Waals surface area contributed by atoms with Gasteiger partial charge in [0.1, 0.15) is 0 Å². The van der Waals surface area contributed by atoms with E-state index in [1.807, 2.05) is 29.9 Å². The van der Waals surface area contributed by atoms with Crippen LogP contribution in [-0.2, 0) is 13.1 Å². The third-order valence-corrected chi connectivity index (χ3v) is 2.83. The van der Waals surface area contributed by atoms with Gasteiger partial charge in [-0.15, -0.1) is 0 Å². The molecular formula is C12H14ClN3. The first-order chi connectivity index (χ1) is 7.69. The van der Waals surface area contributed by atoms with Gasteiger partial charge in [-0.25, -0.2) is 0 Å². The van der Waals surface area contributed by atoms with Crippen molar-refractivity contribution >= 4 is 11.6 Å². The van der Waals surface area contributed by atoms with Gasteiger partial charge in [0.2, 0.25) is 0 Å². The molecule has 3 nitrogen and oxygen atoms in total. The zero-order chi connectivity index (χ0) is 11.5. The number of rotatable bonds is 3. The summed E-state index contributed by atoms with van der Waals surface area (Å²) in [5.74, 6) is 0. The average molecular weight is 236 g/mol. The first-order valence-electron chi connectivity index (χ1n) is 5.16. The van der Waals surface area contributed by atoms with Crippen molar-refractivity contribution in [1.82, 2.24) is 9.78 Å². The topological polar surface area (TPSA) is 43.8 Å². The molecule has 0 aliphatic carbocycles. The molecule has 2 N–H and O–H groups in total. The smallest absolute Gasteiger partial charge is 0.0815 e. The highest BCUT2D eigenvalue weighted by molar-refractivity contribution is 6.31. The molecule has 0 radical (unpaired) electrons. The summed E-state index contributed by atoms with van der Waals surface area (Å²) in [5.41, 5.74) is 8.77. The third-order valence-electron chi connectivity index (χ3n) is 2.46. The summed E-state index contributed by atoms with van der Waals surface area (Å²) in [6.45, 7) is 3.18. The summed E-state index contributed by atoms with van der Waals surface area (Å²) in [4.78, 5) is 0. The molecule has 2 aromatic rings. The Labute approximate surface area is 99.8 Å². The number of halogens is 1. The van der Waals surface area contributed by atoms with E-state index >= 15 is 0 Å². The van der Waals surface area contributed by atoms with Crippen LogP contribution in [-0.4, -0.2) is 9.78 Å². The molecule has 1 aromatic heterocycles. The Kier molecular flexibility index (Phi) is 3.27. The van der Waals surface area contributed by atoms with E-state index in [4.69, 9.17) is 17.3 Å². The van der Waals surface area contributed by atoms with E-state index in [9.17, 15) is 0 Å². The lowest BCUT2D eigenvalue weighted by atomic mass is 10.1. The minimum absolute atomic E-state index is 0.562. The molecule has 0 spiro atoms. The minimum Gasteiger partial charge on any atom is -0.326 e. The van der Waals surface area contributed by atoms with Crippen molar-refractivity contribution < 1.29 is 0 Å². The summed E-state index contributed by atoms with van der Waals surface area (Å²) in [6.07, 6.45) is 1.84. The van der Waals surface area contributed by atoms with Gasteiger partial charge in [0.05, 0.1) is 17.3 Å². The van der Waals surface area contributed by atoms with Crippen molar-refractivity contribution in [2.24, 2.45) is 5.73 Å². The van der Waals surface area contributed by atoms with E-state index in [0.29, 0.717) is 11.6 Å². The Bertz CT molecular complexity index is 471. The second-order valence-electron chi connectivity index (χ2n) is 3.78. The lowest BCUT2D eigenvalue weighted by Gasteiger charge is -2.03. The highest BCUT2D eigenvalue weighted by Gasteiger charge is 2.02. The van der Waals surface area contributed by atoms with E-state index < -0.39 is 0 Å². The second-order valence-corrected chi connectivity index (χ2v) is 4.19. The molecule has 0 bridgehead atoms. The standard InChI is InChI=1S/C12H14ClN3/c1-9-12(13)8-16(15-9)7-11-4-2-3-10(5-11)6-14/h2-5,8H,6-7,14H2,1H3. The molecule has 0 saturated heterocycles. The molecule has 0 fully saturated rings. The van der Waals surface area contributed by atoms with E-state index in [1.165, 1.54) is 5.56 Å². The Morgan fingerprint density at radius 3 is 2.75 bits per heavy atom. The molecule has 0 aliphatic rings. The van der Waals surface area contributed by atoms with Crippen LogP contribution >= 0.6 is 11.6 Å². The van der Waals surface area contributed by atoms with Crippen LogP contribution in [0.5, 0.6) is 0 Å². The van der Waals surface area contributed by atoms with Crippen LogP contribution in [0.15, 0.2) is 30.5 Å². The lowest BCUT2D eigenvalue weighted by molar-refractivity contribution is 0.679. The quantitative estimate of drug-likeness (QED) is 0.888. The van der Waals surface area contributed by atoms with Crippen LogP contribution in [0.25, 0.3) is 0 Å². The molecule has 84 valence electrons. The summed E-state index contributed by atoms with van der Waals surface area (Å²) < 4.78 is 1.84. The number of aromatic nitrogens is 2. The number of nitrogens with zero attached hydrogens (tertiary/aromatic N) is 2. The predicted octanol–water partition coefficient (Wildman–Crippen LogP) is 2.35. The van der Waals surface area contributed by atoms with Crippen molar-refractivity contribution in [3.8, 4) is 0 Å². The zero-order valence-electron chi connectivity index (χ0n) is 9.15. The first-order valence-corrected chi connectivity index (χ1v) is 5.54. The molecule has 0 atom stereocenters. The van der Waals surface area contributed by atoms with Gasteiger partial charge in [-0.1, -0.05) is 35.9 Å². The number of aryl methyl sites for hydroxylation is 1. The van der Waals surface area contributed by atoms with Crippen LogP contribution in [0.3, 0.4) is 0 Å². The van der Waals surface area contributed by atoms with Crippen molar-refractivity contribution in [3.63, 3.8) is 0 Å². The van der Waals surface area contributed by atoms with Crippen molar-refractivity contribution in [3.05, 3.63) is 52.3 Å². The number of hydrogen-bond acceptors (Lipinski definition) is 2. The molecule has 0 aliphatic heterocycles. The highest BCUT2D eigenvalue weighted by atomic mass is 35.5. The number of hydrogen-bond donors (Lipinski definition) is 1. The molecule has 1 aromatic carbocycles. The van der Waals surface area contributed by atoms with Gasteiger partial charge < -0.3 is 5.73 Å². The fraction of sp³-hybridized carbons (Fsp3) is 0.250. The minimum atomic E-state index is 0.562. The van der Waals surface area contributed by atoms with E-state index in [2.05, 4.69) is 17.2 Å². The zero-order valence-corrected chi connectivity index (χ0v) is 9.91. The normalized spacial score (nSPS) is 10.7. The van der Waals surface area contributed by atoms with Gasteiger partial charge in [-0.2, -0.15) is 5.10 Å². The maximum Gasteiger partial charge on any atom is 0.0815 e. The SMILES string of the molecule is Cc1nn(Cc2cccc(CN)c2)cc1Cl. The van der Waals surface area contributed by atoms with E-state index in [1.54, 1.807) is 0 Å². The average Bonchev–Trinajstić information content (AvgIpc) is 2.58. The van der Waals surface area contributed by atoms with Crippen molar-refractivity contribution in [1.29, 1.82) is 0 Å². The van der Waals surface area contributed by atoms with Crippen LogP contribution < -0.4 is 5.73 Å². The van der Waals surface area contributed by atoms with Gasteiger partial charge in [-0.05, 0) is 18.1 Å². The Morgan fingerprint density at radius 1 is 1.38 bits per heavy atom. The fourth-order valence-electron chi connectivity index (χ4n) is 1.62. The van der Waals surface area contributed by atoms with E-state index in [-0.39, 0.29) is 0 Å². The van der Waals surface area contributed by atoms with Gasteiger partial charge in [0, 0.05) is 12.7 Å². The molecule has 0 unspecified atom stereocenters. The summed E-state index contributed by atoms with van der Waals surface area (Å²) in [5, 5.41) is 5.02. The Morgan fingerprint density at radius 2 is 2.12 bits per heavy atom. The largest absolute Gasteiger partial charge is 0.326 e. The highest BCUT2D eigenvalue weighted by Crippen LogP contribution is 2.14. The Hall–Kier alpha value is -1.32. The summed E-state index contributed by atoms with van der Waals surface area (Å²) in [6, 6.07) is 8.18. The maximum absolute atomic E-state index is 5.95. The molecule has 0 saturated carbocycles. The summed E-state index contributed by atoms with van der Waals surface area (Å²) in [7, 11) is 0. The van der Waals surface area contributed by atoms with Crippen LogP contribution in [0.1, 0.15) is 16.8 Å². The molecule has 1 heterocycles. The van der Waals surface area contributed by atoms with Crippen molar-refractivity contribution in [2.45, 2.75) is 20.0 Å².